The summed E-state index contributed by atoms with van der Waals surface area (Å²) >= 11 is 0. The summed E-state index contributed by atoms with van der Waals surface area (Å²) in [6.45, 7) is 7.09. The first-order valence-electron chi connectivity index (χ1n) is 11.8. The first-order chi connectivity index (χ1) is 16.3. The number of rotatable bonds is 4. The van der Waals surface area contributed by atoms with Crippen molar-refractivity contribution in [3.05, 3.63) is 76.1 Å². The molecule has 178 valence electrons. The van der Waals surface area contributed by atoms with E-state index in [1.165, 1.54) is 9.87 Å². The Labute approximate surface area is 201 Å². The standard InChI is InChI=1S/C26H30N4O3S/c1-18-7-10-21(11-8-18)30-23-6-4-5-22(23)25(27-30)26(31)28-13-15-29(16-14-28)34(32,33)24-12-9-19(2)17-20(24)3/h7-12,17H,4-6,13-16H2,1-3H3. The number of amides is 1. The molecule has 1 aliphatic carbocycles. The van der Waals surface area contributed by atoms with Crippen LogP contribution in [-0.2, 0) is 22.9 Å². The molecule has 1 fully saturated rings. The van der Waals surface area contributed by atoms with Gasteiger partial charge in [0.1, 0.15) is 0 Å². The first kappa shape index (κ1) is 22.8. The first-order valence-corrected chi connectivity index (χ1v) is 13.2. The van der Waals surface area contributed by atoms with Crippen LogP contribution in [0.5, 0.6) is 0 Å². The smallest absolute Gasteiger partial charge is 0.274 e. The van der Waals surface area contributed by atoms with Crippen LogP contribution in [0, 0.1) is 20.8 Å². The molecule has 34 heavy (non-hydrogen) atoms. The fourth-order valence-corrected chi connectivity index (χ4v) is 6.65. The Balaban J connectivity index is 1.35. The minimum atomic E-state index is -3.59. The molecule has 0 bridgehead atoms. The zero-order valence-electron chi connectivity index (χ0n) is 19.9. The van der Waals surface area contributed by atoms with E-state index in [2.05, 4.69) is 12.1 Å². The van der Waals surface area contributed by atoms with E-state index in [1.807, 2.05) is 49.7 Å². The Morgan fingerprint density at radius 2 is 1.56 bits per heavy atom. The van der Waals surface area contributed by atoms with Gasteiger partial charge in [-0.2, -0.15) is 9.40 Å². The molecule has 7 nitrogen and oxygen atoms in total. The van der Waals surface area contributed by atoms with E-state index in [4.69, 9.17) is 5.10 Å². The predicted octanol–water partition coefficient (Wildman–Crippen LogP) is 3.43. The normalized spacial score (nSPS) is 16.6. The Kier molecular flexibility index (Phi) is 5.81. The number of hydrogen-bond acceptors (Lipinski definition) is 4. The summed E-state index contributed by atoms with van der Waals surface area (Å²) in [7, 11) is -3.59. The van der Waals surface area contributed by atoms with Gasteiger partial charge >= 0.3 is 0 Å². The summed E-state index contributed by atoms with van der Waals surface area (Å²) in [6.07, 6.45) is 2.77. The molecule has 1 aromatic heterocycles. The van der Waals surface area contributed by atoms with Crippen LogP contribution in [-0.4, -0.2) is 59.5 Å². The maximum atomic E-state index is 13.5. The Morgan fingerprint density at radius 1 is 0.882 bits per heavy atom. The van der Waals surface area contributed by atoms with E-state index in [1.54, 1.807) is 11.0 Å². The molecule has 1 saturated heterocycles. The second-order valence-corrected chi connectivity index (χ2v) is 11.2. The minimum Gasteiger partial charge on any atom is -0.335 e. The lowest BCUT2D eigenvalue weighted by atomic mass is 10.1. The van der Waals surface area contributed by atoms with Gasteiger partial charge in [-0.05, 0) is 63.8 Å². The fraction of sp³-hybridized carbons (Fsp3) is 0.385. The third-order valence-corrected chi connectivity index (χ3v) is 8.94. The van der Waals surface area contributed by atoms with Crippen molar-refractivity contribution in [3.8, 4) is 5.69 Å². The van der Waals surface area contributed by atoms with Crippen molar-refractivity contribution >= 4 is 15.9 Å². The van der Waals surface area contributed by atoms with Crippen LogP contribution >= 0.6 is 0 Å². The van der Waals surface area contributed by atoms with Gasteiger partial charge < -0.3 is 4.90 Å². The zero-order valence-corrected chi connectivity index (χ0v) is 20.7. The molecule has 3 aromatic rings. The van der Waals surface area contributed by atoms with Crippen molar-refractivity contribution in [2.75, 3.05) is 26.2 Å². The second-order valence-electron chi connectivity index (χ2n) is 9.34. The van der Waals surface area contributed by atoms with Crippen molar-refractivity contribution < 1.29 is 13.2 Å². The molecular weight excluding hydrogens is 448 g/mol. The van der Waals surface area contributed by atoms with Gasteiger partial charge in [-0.25, -0.2) is 13.1 Å². The van der Waals surface area contributed by atoms with Gasteiger partial charge in [-0.1, -0.05) is 35.4 Å². The topological polar surface area (TPSA) is 75.5 Å². The highest BCUT2D eigenvalue weighted by molar-refractivity contribution is 7.89. The van der Waals surface area contributed by atoms with Gasteiger partial charge in [0.05, 0.1) is 10.6 Å². The molecule has 0 saturated carbocycles. The number of fused-ring (bicyclic) bond motifs is 1. The highest BCUT2D eigenvalue weighted by atomic mass is 32.2. The van der Waals surface area contributed by atoms with Crippen LogP contribution < -0.4 is 0 Å². The summed E-state index contributed by atoms with van der Waals surface area (Å²) in [5.41, 5.74) is 6.59. The molecule has 0 unspecified atom stereocenters. The highest BCUT2D eigenvalue weighted by Crippen LogP contribution is 2.29. The lowest BCUT2D eigenvalue weighted by molar-refractivity contribution is 0.0690. The molecule has 0 radical (unpaired) electrons. The van der Waals surface area contributed by atoms with E-state index in [0.717, 1.165) is 47.3 Å². The molecule has 8 heteroatoms. The van der Waals surface area contributed by atoms with Crippen LogP contribution in [0.15, 0.2) is 47.4 Å². The molecule has 5 rings (SSSR count). The number of piperazine rings is 1. The molecule has 0 atom stereocenters. The van der Waals surface area contributed by atoms with Crippen molar-refractivity contribution in [1.82, 2.24) is 19.0 Å². The number of sulfonamides is 1. The van der Waals surface area contributed by atoms with Gasteiger partial charge in [-0.15, -0.1) is 0 Å². The molecular formula is C26H30N4O3S. The fourth-order valence-electron chi connectivity index (χ4n) is 5.02. The van der Waals surface area contributed by atoms with Gasteiger partial charge in [0.2, 0.25) is 10.0 Å². The van der Waals surface area contributed by atoms with E-state index in [-0.39, 0.29) is 19.0 Å². The molecule has 1 aliphatic heterocycles. The van der Waals surface area contributed by atoms with Crippen LogP contribution in [0.4, 0.5) is 0 Å². The maximum absolute atomic E-state index is 13.5. The van der Waals surface area contributed by atoms with Crippen molar-refractivity contribution in [3.63, 3.8) is 0 Å². The lowest BCUT2D eigenvalue weighted by Gasteiger charge is -2.34. The van der Waals surface area contributed by atoms with Crippen LogP contribution in [0.1, 0.15) is 44.9 Å². The van der Waals surface area contributed by atoms with E-state index in [9.17, 15) is 13.2 Å². The summed E-state index contributed by atoms with van der Waals surface area (Å²) in [6, 6.07) is 13.6. The number of nitrogens with zero attached hydrogens (tertiary/aromatic N) is 4. The van der Waals surface area contributed by atoms with Crippen LogP contribution in [0.25, 0.3) is 5.69 Å². The molecule has 0 N–H and O–H groups in total. The number of aromatic nitrogens is 2. The number of carbonyl (C=O) groups excluding carboxylic acids is 1. The summed E-state index contributed by atoms with van der Waals surface area (Å²) in [5.74, 6) is -0.104. The summed E-state index contributed by atoms with van der Waals surface area (Å²) in [5, 5.41) is 4.74. The van der Waals surface area contributed by atoms with Gasteiger partial charge in [0.25, 0.3) is 5.91 Å². The van der Waals surface area contributed by atoms with Gasteiger partial charge in [0, 0.05) is 37.4 Å². The monoisotopic (exact) mass is 478 g/mol. The zero-order chi connectivity index (χ0) is 24.0. The van der Waals surface area contributed by atoms with Gasteiger partial charge in [-0.3, -0.25) is 4.79 Å². The Hall–Kier alpha value is -2.97. The molecule has 2 aromatic carbocycles. The lowest BCUT2D eigenvalue weighted by Crippen LogP contribution is -2.50. The van der Waals surface area contributed by atoms with Gasteiger partial charge in [0.15, 0.2) is 5.69 Å². The third kappa shape index (κ3) is 3.95. The average molecular weight is 479 g/mol. The number of aryl methyl sites for hydroxylation is 3. The van der Waals surface area contributed by atoms with E-state index >= 15 is 0 Å². The van der Waals surface area contributed by atoms with Crippen LogP contribution in [0.2, 0.25) is 0 Å². The van der Waals surface area contributed by atoms with Crippen LogP contribution in [0.3, 0.4) is 0 Å². The van der Waals surface area contributed by atoms with Crippen molar-refractivity contribution in [1.29, 1.82) is 0 Å². The SMILES string of the molecule is Cc1ccc(-n2nc(C(=O)N3CCN(S(=O)(=O)c4ccc(C)cc4C)CC3)c3c2CCC3)cc1. The summed E-state index contributed by atoms with van der Waals surface area (Å²) < 4.78 is 29.8. The number of hydrogen-bond donors (Lipinski definition) is 0. The minimum absolute atomic E-state index is 0.104. The Morgan fingerprint density at radius 3 is 2.24 bits per heavy atom. The summed E-state index contributed by atoms with van der Waals surface area (Å²) in [4.78, 5) is 15.5. The highest BCUT2D eigenvalue weighted by Gasteiger charge is 2.34. The number of benzene rings is 2. The molecule has 1 amide bonds. The van der Waals surface area contributed by atoms with Crippen molar-refractivity contribution in [2.24, 2.45) is 0 Å². The number of carbonyl (C=O) groups is 1. The van der Waals surface area contributed by atoms with E-state index in [0.29, 0.717) is 23.7 Å². The quantitative estimate of drug-likeness (QED) is 0.576. The average Bonchev–Trinajstić information content (AvgIpc) is 3.42. The largest absolute Gasteiger partial charge is 0.335 e. The predicted molar refractivity (Wildman–Crippen MR) is 131 cm³/mol. The second kappa shape index (κ2) is 8.67. The Bertz CT molecular complexity index is 1350. The third-order valence-electron chi connectivity index (χ3n) is 6.89. The van der Waals surface area contributed by atoms with Crippen molar-refractivity contribution in [2.45, 2.75) is 44.9 Å². The maximum Gasteiger partial charge on any atom is 0.274 e. The molecule has 2 heterocycles. The van der Waals surface area contributed by atoms with E-state index < -0.39 is 10.0 Å². The molecule has 2 aliphatic rings. The molecule has 0 spiro atoms.